The van der Waals surface area contributed by atoms with Crippen molar-refractivity contribution in [2.24, 2.45) is 5.92 Å². The van der Waals surface area contributed by atoms with Gasteiger partial charge in [-0.1, -0.05) is 12.1 Å². The van der Waals surface area contributed by atoms with Gasteiger partial charge in [0.25, 0.3) is 0 Å². The number of carbonyl (C=O) groups is 2. The van der Waals surface area contributed by atoms with Gasteiger partial charge in [-0.3, -0.25) is 9.59 Å². The maximum Gasteiger partial charge on any atom is 0.311 e. The summed E-state index contributed by atoms with van der Waals surface area (Å²) in [5.41, 5.74) is 0.680. The third kappa shape index (κ3) is 3.64. The van der Waals surface area contributed by atoms with Gasteiger partial charge in [0.15, 0.2) is 0 Å². The average molecular weight is 279 g/mol. The van der Waals surface area contributed by atoms with Crippen LogP contribution in [0.15, 0.2) is 30.3 Å². The zero-order valence-corrected chi connectivity index (χ0v) is 10.6. The summed E-state index contributed by atoms with van der Waals surface area (Å²) < 4.78 is 17.7. The second-order valence-corrected chi connectivity index (χ2v) is 4.48. The number of carboxylic acids is 1. The highest BCUT2D eigenvalue weighted by molar-refractivity contribution is 5.92. The summed E-state index contributed by atoms with van der Waals surface area (Å²) >= 11 is 0. The minimum Gasteiger partial charge on any atom is -0.481 e. The number of carboxylic acid groups (broad SMARTS) is 1. The molecule has 1 amide bonds. The molecule has 1 aliphatic rings. The van der Waals surface area contributed by atoms with Crippen molar-refractivity contribution in [3.8, 4) is 0 Å². The summed E-state index contributed by atoms with van der Waals surface area (Å²) in [5.74, 6) is -2.47. The first-order chi connectivity index (χ1) is 9.56. The van der Waals surface area contributed by atoms with Crippen molar-refractivity contribution in [3.63, 3.8) is 0 Å². The minimum atomic E-state index is -0.990. The number of benzene rings is 1. The van der Waals surface area contributed by atoms with E-state index >= 15 is 0 Å². The van der Waals surface area contributed by atoms with Gasteiger partial charge in [-0.05, 0) is 23.8 Å². The molecule has 1 aromatic rings. The van der Waals surface area contributed by atoms with Crippen LogP contribution in [0.1, 0.15) is 5.56 Å². The molecule has 1 saturated heterocycles. The molecule has 20 heavy (non-hydrogen) atoms. The van der Waals surface area contributed by atoms with Crippen LogP contribution in [0.3, 0.4) is 0 Å². The molecule has 6 heteroatoms. The zero-order chi connectivity index (χ0) is 14.5. The fraction of sp³-hybridized carbons (Fsp3) is 0.286. The highest BCUT2D eigenvalue weighted by atomic mass is 19.1. The SMILES string of the molecule is O=C(C=Cc1ccc(F)cc1)NC1COCC1C(=O)O. The van der Waals surface area contributed by atoms with Crippen molar-refractivity contribution in [1.29, 1.82) is 0 Å². The smallest absolute Gasteiger partial charge is 0.311 e. The Kier molecular flexibility index (Phi) is 4.47. The number of amides is 1. The van der Waals surface area contributed by atoms with Crippen molar-refractivity contribution in [2.75, 3.05) is 13.2 Å². The first-order valence-electron chi connectivity index (χ1n) is 6.11. The Morgan fingerprint density at radius 3 is 2.65 bits per heavy atom. The van der Waals surface area contributed by atoms with Gasteiger partial charge in [-0.25, -0.2) is 4.39 Å². The molecule has 2 unspecified atom stereocenters. The van der Waals surface area contributed by atoms with Crippen LogP contribution in [0.4, 0.5) is 4.39 Å². The summed E-state index contributed by atoms with van der Waals surface area (Å²) in [4.78, 5) is 22.6. The van der Waals surface area contributed by atoms with Crippen LogP contribution in [0, 0.1) is 11.7 Å². The van der Waals surface area contributed by atoms with Crippen LogP contribution >= 0.6 is 0 Å². The lowest BCUT2D eigenvalue weighted by atomic mass is 10.0. The molecule has 1 fully saturated rings. The Labute approximate surface area is 115 Å². The Hall–Kier alpha value is -2.21. The van der Waals surface area contributed by atoms with Crippen molar-refractivity contribution in [2.45, 2.75) is 6.04 Å². The number of rotatable bonds is 4. The first-order valence-corrected chi connectivity index (χ1v) is 6.11. The molecule has 5 nitrogen and oxygen atoms in total. The van der Waals surface area contributed by atoms with Crippen LogP contribution in [0.2, 0.25) is 0 Å². The molecular formula is C14H14FNO4. The summed E-state index contributed by atoms with van der Waals surface area (Å²) in [7, 11) is 0. The fourth-order valence-corrected chi connectivity index (χ4v) is 1.92. The van der Waals surface area contributed by atoms with E-state index in [1.807, 2.05) is 0 Å². The molecule has 0 aliphatic carbocycles. The third-order valence-corrected chi connectivity index (χ3v) is 3.02. The Bertz CT molecular complexity index is 526. The van der Waals surface area contributed by atoms with E-state index in [-0.39, 0.29) is 19.0 Å². The summed E-state index contributed by atoms with van der Waals surface area (Å²) in [6.45, 7) is 0.287. The molecule has 0 saturated carbocycles. The predicted molar refractivity (Wildman–Crippen MR) is 69.3 cm³/mol. The minimum absolute atomic E-state index is 0.0992. The number of aliphatic carboxylic acids is 1. The Morgan fingerprint density at radius 2 is 2.00 bits per heavy atom. The van der Waals surface area contributed by atoms with Gasteiger partial charge in [-0.15, -0.1) is 0 Å². The summed E-state index contributed by atoms with van der Waals surface area (Å²) in [6.07, 6.45) is 2.81. The van der Waals surface area contributed by atoms with Gasteiger partial charge >= 0.3 is 5.97 Å². The number of hydrogen-bond acceptors (Lipinski definition) is 3. The highest BCUT2D eigenvalue weighted by Gasteiger charge is 2.34. The third-order valence-electron chi connectivity index (χ3n) is 3.02. The molecule has 0 radical (unpaired) electrons. The normalized spacial score (nSPS) is 22.1. The number of ether oxygens (including phenoxy) is 1. The number of hydrogen-bond donors (Lipinski definition) is 2. The van der Waals surface area contributed by atoms with E-state index in [0.717, 1.165) is 0 Å². The Balaban J connectivity index is 1.92. The van der Waals surface area contributed by atoms with Crippen LogP contribution < -0.4 is 5.32 Å². The van der Waals surface area contributed by atoms with Gasteiger partial charge in [0.05, 0.1) is 19.3 Å². The van der Waals surface area contributed by atoms with Crippen molar-refractivity contribution in [3.05, 3.63) is 41.7 Å². The molecular weight excluding hydrogens is 265 g/mol. The van der Waals surface area contributed by atoms with E-state index in [1.165, 1.54) is 36.4 Å². The van der Waals surface area contributed by atoms with Crippen molar-refractivity contribution in [1.82, 2.24) is 5.32 Å². The quantitative estimate of drug-likeness (QED) is 0.808. The molecule has 0 aromatic heterocycles. The maximum absolute atomic E-state index is 12.7. The highest BCUT2D eigenvalue weighted by Crippen LogP contribution is 2.14. The largest absolute Gasteiger partial charge is 0.481 e. The van der Waals surface area contributed by atoms with Crippen molar-refractivity contribution < 1.29 is 23.8 Å². The molecule has 2 rings (SSSR count). The van der Waals surface area contributed by atoms with Crippen LogP contribution in [0.25, 0.3) is 6.08 Å². The number of carbonyl (C=O) groups excluding carboxylic acids is 1. The van der Waals surface area contributed by atoms with Gasteiger partial charge in [0.2, 0.25) is 5.91 Å². The van der Waals surface area contributed by atoms with Crippen LogP contribution in [-0.4, -0.2) is 36.2 Å². The fourth-order valence-electron chi connectivity index (χ4n) is 1.92. The van der Waals surface area contributed by atoms with Crippen LogP contribution in [0.5, 0.6) is 0 Å². The molecule has 2 atom stereocenters. The molecule has 106 valence electrons. The lowest BCUT2D eigenvalue weighted by Gasteiger charge is -2.14. The molecule has 0 bridgehead atoms. The molecule has 0 spiro atoms. The van der Waals surface area contributed by atoms with E-state index in [2.05, 4.69) is 5.32 Å². The predicted octanol–water partition coefficient (Wildman–Crippen LogP) is 1.05. The van der Waals surface area contributed by atoms with E-state index < -0.39 is 23.8 Å². The maximum atomic E-state index is 12.7. The number of nitrogens with one attached hydrogen (secondary N) is 1. The molecule has 1 heterocycles. The van der Waals surface area contributed by atoms with Gasteiger partial charge in [0, 0.05) is 6.08 Å². The van der Waals surface area contributed by atoms with Gasteiger partial charge in [0.1, 0.15) is 11.7 Å². The van der Waals surface area contributed by atoms with Gasteiger partial charge in [-0.2, -0.15) is 0 Å². The second kappa shape index (κ2) is 6.29. The molecule has 1 aliphatic heterocycles. The summed E-state index contributed by atoms with van der Waals surface area (Å²) in [5, 5.41) is 11.5. The van der Waals surface area contributed by atoms with E-state index in [4.69, 9.17) is 9.84 Å². The second-order valence-electron chi connectivity index (χ2n) is 4.48. The average Bonchev–Trinajstić information content (AvgIpc) is 2.86. The summed E-state index contributed by atoms with van der Waals surface area (Å²) in [6, 6.07) is 5.14. The van der Waals surface area contributed by atoms with Crippen molar-refractivity contribution >= 4 is 18.0 Å². The first kappa shape index (κ1) is 14.2. The molecule has 1 aromatic carbocycles. The van der Waals surface area contributed by atoms with Crippen LogP contribution in [-0.2, 0) is 14.3 Å². The van der Waals surface area contributed by atoms with E-state index in [0.29, 0.717) is 5.56 Å². The Morgan fingerprint density at radius 1 is 1.30 bits per heavy atom. The molecule has 2 N–H and O–H groups in total. The van der Waals surface area contributed by atoms with E-state index in [1.54, 1.807) is 0 Å². The topological polar surface area (TPSA) is 75.6 Å². The lowest BCUT2D eigenvalue weighted by molar-refractivity contribution is -0.142. The lowest BCUT2D eigenvalue weighted by Crippen LogP contribution is -2.41. The monoisotopic (exact) mass is 279 g/mol. The zero-order valence-electron chi connectivity index (χ0n) is 10.6. The van der Waals surface area contributed by atoms with E-state index in [9.17, 15) is 14.0 Å². The standard InChI is InChI=1S/C14H14FNO4/c15-10-4-1-9(2-5-10)3-6-13(17)16-12-8-20-7-11(12)14(18)19/h1-6,11-12H,7-8H2,(H,16,17)(H,18,19). The van der Waals surface area contributed by atoms with Gasteiger partial charge < -0.3 is 15.2 Å². The number of halogens is 1.